The fourth-order valence-corrected chi connectivity index (χ4v) is 3.36. The molecule has 1 atom stereocenters. The Morgan fingerprint density at radius 3 is 2.22 bits per heavy atom. The van der Waals surface area contributed by atoms with Gasteiger partial charge in [-0.25, -0.2) is 0 Å². The van der Waals surface area contributed by atoms with Crippen molar-refractivity contribution in [2.75, 3.05) is 6.61 Å². The lowest BCUT2D eigenvalue weighted by atomic mass is 10.0. The Balaban J connectivity index is 1.31. The number of fused-ring (bicyclic) bond motifs is 1. The van der Waals surface area contributed by atoms with E-state index in [4.69, 9.17) is 14.2 Å². The Morgan fingerprint density at radius 1 is 1.06 bits per heavy atom. The van der Waals surface area contributed by atoms with Crippen LogP contribution in [0, 0.1) is 10.1 Å². The zero-order chi connectivity index (χ0) is 22.7. The maximum atomic E-state index is 10.9. The van der Waals surface area contributed by atoms with Crippen molar-refractivity contribution < 1.29 is 19.1 Å². The molecule has 0 saturated carbocycles. The predicted molar refractivity (Wildman–Crippen MR) is 119 cm³/mol. The first kappa shape index (κ1) is 22.0. The predicted octanol–water partition coefficient (Wildman–Crippen LogP) is 4.75. The first-order chi connectivity index (χ1) is 15.3. The standard InChI is InChI=1S/C24H27N3O5/c1-24(2,3)32-15-18-6-10-20(11-7-18)19-8-4-17(5-9-19)14-30-21-12-26-13-22(27(28)29)25-23(26)31-16-21/h4-11,13,21H,12,14-16H2,1-3H3/t21-/m0/s1. The van der Waals surface area contributed by atoms with Gasteiger partial charge in [0.2, 0.25) is 0 Å². The third-order valence-corrected chi connectivity index (χ3v) is 5.11. The van der Waals surface area contributed by atoms with Crippen molar-refractivity contribution in [2.45, 2.75) is 52.2 Å². The fraction of sp³-hybridized carbons (Fsp3) is 0.375. The largest absolute Gasteiger partial charge is 0.443 e. The highest BCUT2D eigenvalue weighted by Gasteiger charge is 2.28. The van der Waals surface area contributed by atoms with Gasteiger partial charge in [-0.2, -0.15) is 0 Å². The minimum Gasteiger partial charge on any atom is -0.443 e. The zero-order valence-electron chi connectivity index (χ0n) is 18.5. The first-order valence-electron chi connectivity index (χ1n) is 10.5. The molecule has 2 aromatic carbocycles. The highest BCUT2D eigenvalue weighted by atomic mass is 16.6. The third-order valence-electron chi connectivity index (χ3n) is 5.11. The van der Waals surface area contributed by atoms with E-state index in [-0.39, 0.29) is 23.5 Å². The topological polar surface area (TPSA) is 88.7 Å². The molecule has 8 nitrogen and oxygen atoms in total. The summed E-state index contributed by atoms with van der Waals surface area (Å²) >= 11 is 0. The smallest absolute Gasteiger partial charge is 0.414 e. The highest BCUT2D eigenvalue weighted by Crippen LogP contribution is 2.24. The molecule has 32 heavy (non-hydrogen) atoms. The molecule has 3 aromatic rings. The van der Waals surface area contributed by atoms with Gasteiger partial charge in [-0.1, -0.05) is 48.5 Å². The molecule has 0 amide bonds. The molecule has 0 radical (unpaired) electrons. The lowest BCUT2D eigenvalue weighted by Crippen LogP contribution is -2.32. The van der Waals surface area contributed by atoms with Gasteiger partial charge in [0.15, 0.2) is 0 Å². The minimum atomic E-state index is -0.528. The van der Waals surface area contributed by atoms with E-state index in [1.54, 1.807) is 4.57 Å². The lowest BCUT2D eigenvalue weighted by Gasteiger charge is -2.22. The van der Waals surface area contributed by atoms with Gasteiger partial charge in [-0.3, -0.25) is 4.57 Å². The van der Waals surface area contributed by atoms with Crippen LogP contribution in [0.4, 0.5) is 5.82 Å². The average molecular weight is 437 g/mol. The van der Waals surface area contributed by atoms with E-state index in [0.717, 1.165) is 22.3 Å². The molecule has 0 N–H and O–H groups in total. The summed E-state index contributed by atoms with van der Waals surface area (Å²) in [6, 6.07) is 16.9. The van der Waals surface area contributed by atoms with Crippen LogP contribution < -0.4 is 4.74 Å². The molecule has 0 fully saturated rings. The van der Waals surface area contributed by atoms with Gasteiger partial charge < -0.3 is 24.3 Å². The van der Waals surface area contributed by atoms with E-state index >= 15 is 0 Å². The molecule has 1 aromatic heterocycles. The Labute approximate surface area is 186 Å². The normalized spacial score (nSPS) is 15.8. The van der Waals surface area contributed by atoms with Gasteiger partial charge in [0.05, 0.1) is 25.4 Å². The Kier molecular flexibility index (Phi) is 6.25. The first-order valence-corrected chi connectivity index (χ1v) is 10.5. The maximum absolute atomic E-state index is 10.9. The van der Waals surface area contributed by atoms with Crippen LogP contribution in [0.15, 0.2) is 54.7 Å². The monoisotopic (exact) mass is 437 g/mol. The molecule has 0 saturated heterocycles. The van der Waals surface area contributed by atoms with Crippen molar-refractivity contribution in [2.24, 2.45) is 0 Å². The van der Waals surface area contributed by atoms with Crippen molar-refractivity contribution in [1.29, 1.82) is 0 Å². The summed E-state index contributed by atoms with van der Waals surface area (Å²) in [5, 5.41) is 10.9. The van der Waals surface area contributed by atoms with Crippen LogP contribution in [-0.2, 0) is 29.2 Å². The van der Waals surface area contributed by atoms with Crippen LogP contribution in [0.25, 0.3) is 11.1 Å². The highest BCUT2D eigenvalue weighted by molar-refractivity contribution is 5.63. The summed E-state index contributed by atoms with van der Waals surface area (Å²) in [6.07, 6.45) is 1.18. The van der Waals surface area contributed by atoms with Gasteiger partial charge in [0.25, 0.3) is 0 Å². The van der Waals surface area contributed by atoms with E-state index < -0.39 is 4.92 Å². The second-order valence-electron chi connectivity index (χ2n) is 8.83. The van der Waals surface area contributed by atoms with E-state index in [0.29, 0.717) is 26.4 Å². The second kappa shape index (κ2) is 9.10. The number of ether oxygens (including phenoxy) is 3. The maximum Gasteiger partial charge on any atom is 0.414 e. The van der Waals surface area contributed by atoms with Crippen molar-refractivity contribution in [1.82, 2.24) is 9.55 Å². The molecule has 0 aliphatic carbocycles. The molecule has 8 heteroatoms. The number of aromatic nitrogens is 2. The summed E-state index contributed by atoms with van der Waals surface area (Å²) in [4.78, 5) is 14.2. The van der Waals surface area contributed by atoms with Crippen LogP contribution in [0.3, 0.4) is 0 Å². The third kappa shape index (κ3) is 5.52. The van der Waals surface area contributed by atoms with Crippen molar-refractivity contribution in [3.05, 3.63) is 76.0 Å². The van der Waals surface area contributed by atoms with Gasteiger partial charge in [0, 0.05) is 4.98 Å². The van der Waals surface area contributed by atoms with Crippen molar-refractivity contribution in [3.63, 3.8) is 0 Å². The van der Waals surface area contributed by atoms with E-state index in [1.165, 1.54) is 6.20 Å². The number of nitrogens with zero attached hydrogens (tertiary/aromatic N) is 3. The zero-order valence-corrected chi connectivity index (χ0v) is 18.5. The molecule has 0 bridgehead atoms. The molecule has 1 aliphatic heterocycles. The number of hydrogen-bond acceptors (Lipinski definition) is 6. The molecule has 0 unspecified atom stereocenters. The van der Waals surface area contributed by atoms with Crippen LogP contribution in [0.1, 0.15) is 31.9 Å². The van der Waals surface area contributed by atoms with Gasteiger partial charge in [0.1, 0.15) is 18.9 Å². The summed E-state index contributed by atoms with van der Waals surface area (Å²) in [7, 11) is 0. The van der Waals surface area contributed by atoms with Crippen molar-refractivity contribution in [3.8, 4) is 17.1 Å². The molecule has 4 rings (SSSR count). The average Bonchev–Trinajstić information content (AvgIpc) is 3.20. The SMILES string of the molecule is CC(C)(C)OCc1ccc(-c2ccc(CO[C@@H]3COc4nc([N+](=O)[O-])cn4C3)cc2)cc1. The number of imidazole rings is 1. The molecule has 2 heterocycles. The number of rotatable bonds is 7. The van der Waals surface area contributed by atoms with E-state index in [1.807, 2.05) is 12.1 Å². The van der Waals surface area contributed by atoms with Crippen LogP contribution >= 0.6 is 0 Å². The van der Waals surface area contributed by atoms with E-state index in [9.17, 15) is 10.1 Å². The Hall–Kier alpha value is -3.23. The second-order valence-corrected chi connectivity index (χ2v) is 8.83. The minimum absolute atomic E-state index is 0.153. The van der Waals surface area contributed by atoms with Gasteiger partial charge >= 0.3 is 11.8 Å². The summed E-state index contributed by atoms with van der Waals surface area (Å²) in [6.45, 7) is 7.97. The fourth-order valence-electron chi connectivity index (χ4n) is 3.36. The van der Waals surface area contributed by atoms with Crippen LogP contribution in [0.5, 0.6) is 6.01 Å². The molecular formula is C24H27N3O5. The van der Waals surface area contributed by atoms with Crippen LogP contribution in [-0.4, -0.2) is 32.8 Å². The molecular weight excluding hydrogens is 410 g/mol. The van der Waals surface area contributed by atoms with Gasteiger partial charge in [-0.05, 0) is 47.9 Å². The lowest BCUT2D eigenvalue weighted by molar-refractivity contribution is -0.389. The molecule has 1 aliphatic rings. The summed E-state index contributed by atoms with van der Waals surface area (Å²) < 4.78 is 18.9. The van der Waals surface area contributed by atoms with Crippen LogP contribution in [0.2, 0.25) is 0 Å². The Morgan fingerprint density at radius 2 is 1.66 bits per heavy atom. The number of benzene rings is 2. The number of nitro groups is 1. The molecule has 168 valence electrons. The summed E-state index contributed by atoms with van der Waals surface area (Å²) in [5.41, 5.74) is 4.32. The van der Waals surface area contributed by atoms with Crippen molar-refractivity contribution >= 4 is 5.82 Å². The molecule has 0 spiro atoms. The summed E-state index contributed by atoms with van der Waals surface area (Å²) in [5.74, 6) is -0.217. The Bertz CT molecular complexity index is 1070. The van der Waals surface area contributed by atoms with Gasteiger partial charge in [-0.15, -0.1) is 0 Å². The van der Waals surface area contributed by atoms with E-state index in [2.05, 4.69) is 62.2 Å². The quantitative estimate of drug-likeness (QED) is 0.391. The number of hydrogen-bond donors (Lipinski definition) is 0.